The van der Waals surface area contributed by atoms with Gasteiger partial charge >= 0.3 is 5.97 Å². The summed E-state index contributed by atoms with van der Waals surface area (Å²) < 4.78 is 1.44. The van der Waals surface area contributed by atoms with E-state index in [0.717, 1.165) is 19.3 Å². The van der Waals surface area contributed by atoms with E-state index in [4.69, 9.17) is 0 Å². The number of hydrogen-bond donors (Lipinski definition) is 1. The third-order valence-corrected chi connectivity index (χ3v) is 3.44. The molecule has 104 valence electrons. The lowest BCUT2D eigenvalue weighted by molar-refractivity contribution is 0.0692. The van der Waals surface area contributed by atoms with Crippen LogP contribution in [0.1, 0.15) is 49.2 Å². The van der Waals surface area contributed by atoms with Gasteiger partial charge in [-0.15, -0.1) is 0 Å². The SMILES string of the molecule is CC(C)CCc1ncn(CC2CC2)c(=O)c1C(=O)O. The Morgan fingerprint density at radius 1 is 1.53 bits per heavy atom. The van der Waals surface area contributed by atoms with Crippen molar-refractivity contribution in [2.24, 2.45) is 11.8 Å². The van der Waals surface area contributed by atoms with E-state index in [-0.39, 0.29) is 5.56 Å². The van der Waals surface area contributed by atoms with Crippen molar-refractivity contribution in [3.8, 4) is 0 Å². The van der Waals surface area contributed by atoms with Crippen LogP contribution in [0, 0.1) is 11.8 Å². The van der Waals surface area contributed by atoms with Crippen molar-refractivity contribution in [1.29, 1.82) is 0 Å². The lowest BCUT2D eigenvalue weighted by atomic mass is 10.0. The summed E-state index contributed by atoms with van der Waals surface area (Å²) in [6.07, 6.45) is 5.11. The van der Waals surface area contributed by atoms with Gasteiger partial charge in [0.2, 0.25) is 0 Å². The maximum Gasteiger partial charge on any atom is 0.343 e. The van der Waals surface area contributed by atoms with Gasteiger partial charge in [-0.1, -0.05) is 13.8 Å². The van der Waals surface area contributed by atoms with Crippen molar-refractivity contribution in [1.82, 2.24) is 9.55 Å². The van der Waals surface area contributed by atoms with Gasteiger partial charge in [-0.2, -0.15) is 0 Å². The zero-order chi connectivity index (χ0) is 14.0. The molecule has 0 radical (unpaired) electrons. The summed E-state index contributed by atoms with van der Waals surface area (Å²) in [5.41, 5.74) is -0.143. The van der Waals surface area contributed by atoms with E-state index >= 15 is 0 Å². The molecule has 1 saturated carbocycles. The van der Waals surface area contributed by atoms with Gasteiger partial charge in [0.1, 0.15) is 5.56 Å². The molecule has 1 heterocycles. The van der Waals surface area contributed by atoms with Crippen molar-refractivity contribution < 1.29 is 9.90 Å². The molecule has 0 bridgehead atoms. The second-order valence-corrected chi connectivity index (χ2v) is 5.70. The molecule has 1 aliphatic rings. The fourth-order valence-electron chi connectivity index (χ4n) is 2.06. The van der Waals surface area contributed by atoms with Gasteiger partial charge in [-0.25, -0.2) is 9.78 Å². The number of aromatic nitrogens is 2. The second kappa shape index (κ2) is 5.55. The average Bonchev–Trinajstić information content (AvgIpc) is 3.12. The van der Waals surface area contributed by atoms with Crippen molar-refractivity contribution in [3.63, 3.8) is 0 Å². The van der Waals surface area contributed by atoms with Crippen molar-refractivity contribution in [2.75, 3.05) is 0 Å². The Bertz CT molecular complexity index is 530. The first-order valence-corrected chi connectivity index (χ1v) is 6.80. The Morgan fingerprint density at radius 3 is 2.74 bits per heavy atom. The molecule has 1 N–H and O–H groups in total. The monoisotopic (exact) mass is 264 g/mol. The van der Waals surface area contributed by atoms with E-state index < -0.39 is 11.5 Å². The highest BCUT2D eigenvalue weighted by molar-refractivity contribution is 5.88. The van der Waals surface area contributed by atoms with Gasteiger partial charge < -0.3 is 5.11 Å². The molecule has 0 spiro atoms. The number of aryl methyl sites for hydroxylation is 1. The molecular weight excluding hydrogens is 244 g/mol. The van der Waals surface area contributed by atoms with Gasteiger partial charge in [0.05, 0.1) is 12.0 Å². The minimum absolute atomic E-state index is 0.149. The highest BCUT2D eigenvalue weighted by Crippen LogP contribution is 2.30. The van der Waals surface area contributed by atoms with Crippen LogP contribution in [-0.2, 0) is 13.0 Å². The van der Waals surface area contributed by atoms with Crippen LogP contribution in [0.15, 0.2) is 11.1 Å². The maximum absolute atomic E-state index is 12.2. The smallest absolute Gasteiger partial charge is 0.343 e. The van der Waals surface area contributed by atoms with E-state index in [0.29, 0.717) is 30.5 Å². The Labute approximate surface area is 112 Å². The first-order chi connectivity index (χ1) is 8.99. The minimum Gasteiger partial charge on any atom is -0.477 e. The fraction of sp³-hybridized carbons (Fsp3) is 0.643. The average molecular weight is 264 g/mol. The molecule has 2 rings (SSSR count). The lowest BCUT2D eigenvalue weighted by Gasteiger charge is -2.10. The number of carboxylic acids is 1. The molecule has 1 fully saturated rings. The Balaban J connectivity index is 2.30. The largest absolute Gasteiger partial charge is 0.477 e. The van der Waals surface area contributed by atoms with E-state index in [2.05, 4.69) is 18.8 Å². The lowest BCUT2D eigenvalue weighted by Crippen LogP contribution is -2.29. The summed E-state index contributed by atoms with van der Waals surface area (Å²) in [6, 6.07) is 0. The van der Waals surface area contributed by atoms with Crippen molar-refractivity contribution in [2.45, 2.75) is 46.1 Å². The van der Waals surface area contributed by atoms with Crippen LogP contribution >= 0.6 is 0 Å². The van der Waals surface area contributed by atoms with Crippen molar-refractivity contribution in [3.05, 3.63) is 27.9 Å². The highest BCUT2D eigenvalue weighted by Gasteiger charge is 2.24. The molecular formula is C14H20N2O3. The van der Waals surface area contributed by atoms with Crippen LogP contribution < -0.4 is 5.56 Å². The molecule has 0 amide bonds. The minimum atomic E-state index is -1.17. The second-order valence-electron chi connectivity index (χ2n) is 5.70. The number of aromatic carboxylic acids is 1. The van der Waals surface area contributed by atoms with Crippen molar-refractivity contribution >= 4 is 5.97 Å². The standard InChI is InChI=1S/C14H20N2O3/c1-9(2)3-6-11-12(14(18)19)13(17)16(8-15-11)7-10-4-5-10/h8-10H,3-7H2,1-2H3,(H,18,19). The molecule has 19 heavy (non-hydrogen) atoms. The number of carboxylic acid groups (broad SMARTS) is 1. The Morgan fingerprint density at radius 2 is 2.21 bits per heavy atom. The molecule has 1 aromatic heterocycles. The van der Waals surface area contributed by atoms with Crippen LogP contribution in [0.4, 0.5) is 0 Å². The summed E-state index contributed by atoms with van der Waals surface area (Å²) in [4.78, 5) is 27.7. The first-order valence-electron chi connectivity index (χ1n) is 6.80. The molecule has 5 heteroatoms. The predicted octanol–water partition coefficient (Wildman–Crippen LogP) is 1.94. The third-order valence-electron chi connectivity index (χ3n) is 3.44. The third kappa shape index (κ3) is 3.43. The van der Waals surface area contributed by atoms with E-state index in [1.54, 1.807) is 0 Å². The van der Waals surface area contributed by atoms with Gasteiger partial charge in [0.25, 0.3) is 5.56 Å². The van der Waals surface area contributed by atoms with Crippen LogP contribution in [0.3, 0.4) is 0 Å². The van der Waals surface area contributed by atoms with Crippen LogP contribution in [0.2, 0.25) is 0 Å². The van der Waals surface area contributed by atoms with E-state index in [1.165, 1.54) is 10.9 Å². The van der Waals surface area contributed by atoms with E-state index in [9.17, 15) is 14.7 Å². The Kier molecular flexibility index (Phi) is 4.02. The zero-order valence-corrected chi connectivity index (χ0v) is 11.4. The summed E-state index contributed by atoms with van der Waals surface area (Å²) in [5.74, 6) is -0.193. The summed E-state index contributed by atoms with van der Waals surface area (Å²) in [6.45, 7) is 4.72. The number of rotatable bonds is 6. The van der Waals surface area contributed by atoms with Gasteiger partial charge in [-0.3, -0.25) is 9.36 Å². The molecule has 0 saturated heterocycles. The number of nitrogens with zero attached hydrogens (tertiary/aromatic N) is 2. The first kappa shape index (κ1) is 13.8. The topological polar surface area (TPSA) is 72.2 Å². The fourth-order valence-corrected chi connectivity index (χ4v) is 2.06. The highest BCUT2D eigenvalue weighted by atomic mass is 16.4. The molecule has 0 aliphatic heterocycles. The summed E-state index contributed by atoms with van der Waals surface area (Å²) >= 11 is 0. The summed E-state index contributed by atoms with van der Waals surface area (Å²) in [5, 5.41) is 9.23. The van der Waals surface area contributed by atoms with Gasteiger partial charge in [0.15, 0.2) is 0 Å². The van der Waals surface area contributed by atoms with Gasteiger partial charge in [0, 0.05) is 6.54 Å². The molecule has 1 aliphatic carbocycles. The van der Waals surface area contributed by atoms with Crippen LogP contribution in [0.5, 0.6) is 0 Å². The predicted molar refractivity (Wildman–Crippen MR) is 71.3 cm³/mol. The molecule has 1 aromatic rings. The van der Waals surface area contributed by atoms with E-state index in [1.807, 2.05) is 0 Å². The summed E-state index contributed by atoms with van der Waals surface area (Å²) in [7, 11) is 0. The van der Waals surface area contributed by atoms with Crippen LogP contribution in [0.25, 0.3) is 0 Å². The molecule has 0 unspecified atom stereocenters. The van der Waals surface area contributed by atoms with Crippen LogP contribution in [-0.4, -0.2) is 20.6 Å². The Hall–Kier alpha value is -1.65. The maximum atomic E-state index is 12.2. The number of hydrogen-bond acceptors (Lipinski definition) is 3. The zero-order valence-electron chi connectivity index (χ0n) is 11.4. The number of carbonyl (C=O) groups is 1. The quantitative estimate of drug-likeness (QED) is 0.852. The molecule has 0 atom stereocenters. The molecule has 0 aromatic carbocycles. The normalized spacial score (nSPS) is 14.9. The van der Waals surface area contributed by atoms with Gasteiger partial charge in [-0.05, 0) is 37.5 Å². The molecule has 5 nitrogen and oxygen atoms in total.